The van der Waals surface area contributed by atoms with E-state index in [1.165, 1.54) is 4.90 Å². The summed E-state index contributed by atoms with van der Waals surface area (Å²) in [5.74, 6) is 1.36. The molecule has 5 nitrogen and oxygen atoms in total. The summed E-state index contributed by atoms with van der Waals surface area (Å²) in [6.45, 7) is 0.0364. The molecule has 9 heteroatoms. The molecule has 1 heterocycles. The molecule has 1 fully saturated rings. The van der Waals surface area contributed by atoms with Crippen LogP contribution in [0.3, 0.4) is 0 Å². The Morgan fingerprint density at radius 1 is 1.32 bits per heavy atom. The SMILES string of the molecule is NC(=O)C1(N(C(=O)C#CSP)c2ccc(CF)cc2)CCOCC1.[Tl]. The van der Waals surface area contributed by atoms with Crippen LogP contribution in [0, 0.1) is 11.2 Å². The van der Waals surface area contributed by atoms with E-state index in [1.54, 1.807) is 24.3 Å². The molecule has 25 heavy (non-hydrogen) atoms. The van der Waals surface area contributed by atoms with Crippen LogP contribution in [0.4, 0.5) is 10.1 Å². The fourth-order valence-electron chi connectivity index (χ4n) is 2.71. The van der Waals surface area contributed by atoms with Crippen molar-refractivity contribution in [1.82, 2.24) is 0 Å². The predicted molar refractivity (Wildman–Crippen MR) is 102 cm³/mol. The summed E-state index contributed by atoms with van der Waals surface area (Å²) in [5, 5.41) is 2.61. The van der Waals surface area contributed by atoms with Crippen LogP contribution in [-0.4, -0.2) is 57.9 Å². The zero-order chi connectivity index (χ0) is 17.6. The molecule has 1 atom stereocenters. The molecule has 2 amide bonds. The maximum absolute atomic E-state index is 12.7. The van der Waals surface area contributed by atoms with Crippen molar-refractivity contribution in [2.45, 2.75) is 25.1 Å². The Balaban J connectivity index is 0.00000312. The smallest absolute Gasteiger partial charge is 0.304 e. The van der Waals surface area contributed by atoms with Crippen molar-refractivity contribution >= 4 is 64.6 Å². The van der Waals surface area contributed by atoms with Crippen molar-refractivity contribution in [3.8, 4) is 11.2 Å². The van der Waals surface area contributed by atoms with Crippen molar-refractivity contribution in [2.24, 2.45) is 5.73 Å². The predicted octanol–water partition coefficient (Wildman–Crippen LogP) is 1.63. The number of anilines is 1. The summed E-state index contributed by atoms with van der Waals surface area (Å²) >= 11 is 1.12. The van der Waals surface area contributed by atoms with Crippen LogP contribution >= 0.6 is 19.8 Å². The first-order valence-corrected chi connectivity index (χ1v) is 9.58. The summed E-state index contributed by atoms with van der Waals surface area (Å²) in [7, 11) is 2.33. The largest absolute Gasteiger partial charge is 0.381 e. The van der Waals surface area contributed by atoms with Gasteiger partial charge in [0.2, 0.25) is 5.91 Å². The van der Waals surface area contributed by atoms with E-state index < -0.39 is 24.0 Å². The summed E-state index contributed by atoms with van der Waals surface area (Å²) in [5.41, 5.74) is 5.40. The normalized spacial score (nSPS) is 15.3. The second-order valence-electron chi connectivity index (χ2n) is 5.29. The van der Waals surface area contributed by atoms with Gasteiger partial charge in [0.05, 0.1) is 0 Å². The molecule has 0 aromatic heterocycles. The average Bonchev–Trinajstić information content (AvgIpc) is 2.61. The number of ether oxygens (including phenoxy) is 1. The molecule has 1 aromatic rings. The first-order chi connectivity index (χ1) is 11.5. The van der Waals surface area contributed by atoms with Gasteiger partial charge in [0, 0.05) is 65.0 Å². The minimum atomic E-state index is -1.20. The zero-order valence-electron chi connectivity index (χ0n) is 13.5. The number of hydrogen-bond donors (Lipinski definition) is 1. The van der Waals surface area contributed by atoms with E-state index in [0.717, 1.165) is 11.4 Å². The molecule has 1 unspecified atom stereocenters. The van der Waals surface area contributed by atoms with Crippen LogP contribution in [0.25, 0.3) is 0 Å². The number of nitrogens with zero attached hydrogens (tertiary/aromatic N) is 1. The number of carbonyl (C=O) groups excluding carboxylic acids is 2. The molecule has 0 aliphatic carbocycles. The third kappa shape index (κ3) is 5.16. The van der Waals surface area contributed by atoms with Gasteiger partial charge in [-0.3, -0.25) is 14.5 Å². The summed E-state index contributed by atoms with van der Waals surface area (Å²) in [6, 6.07) is 6.34. The first kappa shape index (κ1) is 22.4. The second-order valence-corrected chi connectivity index (χ2v) is 6.44. The Bertz CT molecular complexity index is 672. The number of benzene rings is 1. The Labute approximate surface area is 172 Å². The molecule has 2 rings (SSSR count). The molecular formula is C16H18FN2O3PSTl. The van der Waals surface area contributed by atoms with E-state index in [2.05, 4.69) is 19.6 Å². The fourth-order valence-corrected chi connectivity index (χ4v) is 3.03. The van der Waals surface area contributed by atoms with Crippen LogP contribution in [0.5, 0.6) is 0 Å². The first-order valence-electron chi connectivity index (χ1n) is 7.28. The summed E-state index contributed by atoms with van der Waals surface area (Å²) in [4.78, 5) is 26.2. The van der Waals surface area contributed by atoms with Gasteiger partial charge in [-0.1, -0.05) is 32.0 Å². The minimum absolute atomic E-state index is 0. The standard InChI is InChI=1S/C16H18FN2O3PS.Tl/c17-11-12-1-3-13(4-2-12)19(14(20)5-10-24-23)16(15(18)21)6-8-22-9-7-16;/h1-4H,6-9,11,23H2,(H2,18,21);. The number of primary amides is 1. The third-order valence-electron chi connectivity index (χ3n) is 3.98. The van der Waals surface area contributed by atoms with Crippen LogP contribution in [0.1, 0.15) is 18.4 Å². The topological polar surface area (TPSA) is 72.6 Å². The van der Waals surface area contributed by atoms with Gasteiger partial charge in [-0.25, -0.2) is 4.39 Å². The van der Waals surface area contributed by atoms with Crippen molar-refractivity contribution in [2.75, 3.05) is 18.1 Å². The van der Waals surface area contributed by atoms with Crippen LogP contribution in [-0.2, 0) is 21.0 Å². The Morgan fingerprint density at radius 2 is 1.92 bits per heavy atom. The van der Waals surface area contributed by atoms with Gasteiger partial charge in [-0.2, -0.15) is 0 Å². The molecule has 0 spiro atoms. The van der Waals surface area contributed by atoms with Gasteiger partial charge in [0.25, 0.3) is 0 Å². The van der Waals surface area contributed by atoms with Crippen LogP contribution in [0.15, 0.2) is 24.3 Å². The number of alkyl halides is 1. The van der Waals surface area contributed by atoms with Crippen molar-refractivity contribution in [3.63, 3.8) is 0 Å². The molecule has 0 bridgehead atoms. The van der Waals surface area contributed by atoms with Crippen molar-refractivity contribution < 1.29 is 18.7 Å². The molecule has 1 aliphatic heterocycles. The third-order valence-corrected chi connectivity index (χ3v) is 4.55. The fraction of sp³-hybridized carbons (Fsp3) is 0.375. The number of amides is 2. The maximum Gasteiger partial charge on any atom is 0.304 e. The quantitative estimate of drug-likeness (QED) is 0.338. The zero-order valence-corrected chi connectivity index (χ0v) is 20.0. The number of carbonyl (C=O) groups is 2. The Hall–Kier alpha value is -0.688. The van der Waals surface area contributed by atoms with Crippen molar-refractivity contribution in [1.29, 1.82) is 0 Å². The van der Waals surface area contributed by atoms with Gasteiger partial charge in [0.1, 0.15) is 12.2 Å². The van der Waals surface area contributed by atoms with E-state index in [4.69, 9.17) is 10.5 Å². The average molecular weight is 573 g/mol. The molecule has 131 valence electrons. The van der Waals surface area contributed by atoms with Crippen molar-refractivity contribution in [3.05, 3.63) is 29.8 Å². The Kier molecular flexibility index (Phi) is 9.35. The monoisotopic (exact) mass is 573 g/mol. The van der Waals surface area contributed by atoms with Crippen LogP contribution in [0.2, 0.25) is 0 Å². The molecular weight excluding hydrogens is 555 g/mol. The molecule has 2 N–H and O–H groups in total. The van der Waals surface area contributed by atoms with Gasteiger partial charge in [-0.15, -0.1) is 0 Å². The van der Waals surface area contributed by atoms with E-state index in [-0.39, 0.29) is 40.1 Å². The number of nitrogens with two attached hydrogens (primary N) is 1. The molecule has 1 radical (unpaired) electrons. The van der Waals surface area contributed by atoms with Gasteiger partial charge >= 0.3 is 5.91 Å². The van der Waals surface area contributed by atoms with Gasteiger partial charge in [-0.05, 0) is 22.9 Å². The van der Waals surface area contributed by atoms with E-state index in [9.17, 15) is 14.0 Å². The number of halogens is 1. The van der Waals surface area contributed by atoms with Crippen LogP contribution < -0.4 is 10.6 Å². The molecule has 1 saturated heterocycles. The summed E-state index contributed by atoms with van der Waals surface area (Å²) in [6.07, 6.45) is 0.573. The molecule has 1 aromatic carbocycles. The number of hydrogen-bond acceptors (Lipinski definition) is 4. The second kappa shape index (κ2) is 10.5. The number of rotatable bonds is 4. The summed E-state index contributed by atoms with van der Waals surface area (Å²) < 4.78 is 18.1. The van der Waals surface area contributed by atoms with E-state index in [0.29, 0.717) is 24.5 Å². The molecule has 1 aliphatic rings. The molecule has 0 saturated carbocycles. The van der Waals surface area contributed by atoms with Gasteiger partial charge < -0.3 is 10.5 Å². The van der Waals surface area contributed by atoms with Gasteiger partial charge in [0.15, 0.2) is 0 Å². The Morgan fingerprint density at radius 3 is 2.40 bits per heavy atom. The van der Waals surface area contributed by atoms with E-state index in [1.807, 2.05) is 0 Å². The minimum Gasteiger partial charge on any atom is -0.381 e. The maximum atomic E-state index is 12.7. The van der Waals surface area contributed by atoms with E-state index >= 15 is 0 Å².